The Morgan fingerprint density at radius 2 is 1.87 bits per heavy atom. The van der Waals surface area contributed by atoms with Crippen molar-refractivity contribution < 1.29 is 4.79 Å². The van der Waals surface area contributed by atoms with Gasteiger partial charge in [-0.3, -0.25) is 9.69 Å². The van der Waals surface area contributed by atoms with Crippen molar-refractivity contribution in [1.29, 1.82) is 0 Å². The van der Waals surface area contributed by atoms with Crippen LogP contribution in [-0.2, 0) is 4.79 Å². The zero-order chi connectivity index (χ0) is 20.9. The van der Waals surface area contributed by atoms with Crippen LogP contribution in [-0.4, -0.2) is 72.0 Å². The molecule has 1 aromatic heterocycles. The van der Waals surface area contributed by atoms with Crippen molar-refractivity contribution in [3.8, 4) is 0 Å². The summed E-state index contributed by atoms with van der Waals surface area (Å²) in [6.07, 6.45) is 4.08. The van der Waals surface area contributed by atoms with E-state index in [1.54, 1.807) is 11.2 Å². The summed E-state index contributed by atoms with van der Waals surface area (Å²) in [5, 5.41) is 3.54. The number of nitrogens with one attached hydrogen (secondary N) is 1. The molecule has 30 heavy (non-hydrogen) atoms. The third kappa shape index (κ3) is 4.90. The maximum Gasteiger partial charge on any atom is 0.241 e. The number of carbonyl (C=O) groups excluding carboxylic acids is 1. The van der Waals surface area contributed by atoms with Crippen molar-refractivity contribution in [2.24, 2.45) is 5.92 Å². The van der Waals surface area contributed by atoms with Gasteiger partial charge in [-0.2, -0.15) is 0 Å². The molecule has 2 aromatic rings. The van der Waals surface area contributed by atoms with E-state index in [0.29, 0.717) is 12.6 Å². The Balaban J connectivity index is 1.45. The molecule has 4 rings (SSSR count). The Labute approximate surface area is 179 Å². The van der Waals surface area contributed by atoms with Gasteiger partial charge in [-0.25, -0.2) is 9.97 Å². The number of piperazine rings is 1. The quantitative estimate of drug-likeness (QED) is 0.793. The normalized spacial score (nSPS) is 19.7. The second kappa shape index (κ2) is 9.43. The Morgan fingerprint density at radius 1 is 1.10 bits per heavy atom. The van der Waals surface area contributed by atoms with Crippen LogP contribution in [0.1, 0.15) is 31.4 Å². The minimum absolute atomic E-state index is 0.123. The molecule has 0 aliphatic carbocycles. The zero-order valence-electron chi connectivity index (χ0n) is 18.0. The van der Waals surface area contributed by atoms with Crippen LogP contribution >= 0.6 is 0 Å². The third-order valence-corrected chi connectivity index (χ3v) is 6.35. The van der Waals surface area contributed by atoms with E-state index in [1.165, 1.54) is 18.4 Å². The minimum Gasteiger partial charge on any atom is -0.368 e. The summed E-state index contributed by atoms with van der Waals surface area (Å²) in [4.78, 5) is 27.3. The van der Waals surface area contributed by atoms with E-state index >= 15 is 0 Å². The Bertz CT molecular complexity index is 837. The van der Waals surface area contributed by atoms with E-state index in [-0.39, 0.29) is 5.91 Å². The van der Waals surface area contributed by atoms with Gasteiger partial charge in [-0.05, 0) is 37.4 Å². The first-order valence-electron chi connectivity index (χ1n) is 10.9. The molecule has 0 saturated carbocycles. The lowest BCUT2D eigenvalue weighted by atomic mass is 9.95. The number of likely N-dealkylation sites (tertiary alicyclic amines) is 1. The second-order valence-electron chi connectivity index (χ2n) is 8.52. The number of amides is 1. The molecule has 3 heterocycles. The molecule has 1 atom stereocenters. The lowest BCUT2D eigenvalue weighted by Crippen LogP contribution is -2.48. The number of anilines is 2. The van der Waals surface area contributed by atoms with Gasteiger partial charge < -0.3 is 15.1 Å². The van der Waals surface area contributed by atoms with Crippen molar-refractivity contribution in [2.75, 3.05) is 56.5 Å². The summed E-state index contributed by atoms with van der Waals surface area (Å²) in [6, 6.07) is 13.0. The van der Waals surface area contributed by atoms with Crippen LogP contribution in [0.25, 0.3) is 0 Å². The average Bonchev–Trinajstić information content (AvgIpc) is 2.78. The summed E-state index contributed by atoms with van der Waals surface area (Å²) in [5.41, 5.74) is 1.33. The number of hydrogen-bond acceptors (Lipinski definition) is 6. The van der Waals surface area contributed by atoms with Crippen LogP contribution in [0.5, 0.6) is 0 Å². The first-order chi connectivity index (χ1) is 14.6. The molecule has 1 amide bonds. The number of aromatic nitrogens is 2. The monoisotopic (exact) mass is 408 g/mol. The fourth-order valence-electron chi connectivity index (χ4n) is 4.25. The molecule has 0 bridgehead atoms. The molecule has 2 aliphatic rings. The van der Waals surface area contributed by atoms with Crippen LogP contribution in [0.2, 0.25) is 0 Å². The van der Waals surface area contributed by atoms with Crippen LogP contribution in [0.3, 0.4) is 0 Å². The van der Waals surface area contributed by atoms with Crippen LogP contribution in [0.15, 0.2) is 42.7 Å². The first kappa shape index (κ1) is 20.6. The summed E-state index contributed by atoms with van der Waals surface area (Å²) >= 11 is 0. The number of piperidine rings is 1. The smallest absolute Gasteiger partial charge is 0.241 e. The van der Waals surface area contributed by atoms with Crippen molar-refractivity contribution >= 4 is 17.5 Å². The zero-order valence-corrected chi connectivity index (χ0v) is 18.0. The van der Waals surface area contributed by atoms with E-state index in [1.807, 2.05) is 18.0 Å². The van der Waals surface area contributed by atoms with E-state index in [4.69, 9.17) is 0 Å². The van der Waals surface area contributed by atoms with Crippen molar-refractivity contribution in [1.82, 2.24) is 19.8 Å². The van der Waals surface area contributed by atoms with E-state index < -0.39 is 0 Å². The fraction of sp³-hybridized carbons (Fsp3) is 0.522. The van der Waals surface area contributed by atoms with Gasteiger partial charge in [0.2, 0.25) is 5.91 Å². The predicted molar refractivity (Wildman–Crippen MR) is 120 cm³/mol. The number of hydrogen-bond donors (Lipinski definition) is 1. The number of likely N-dealkylation sites (N-methyl/N-ethyl adjacent to an activating group) is 1. The van der Waals surface area contributed by atoms with Crippen LogP contribution in [0, 0.1) is 5.92 Å². The summed E-state index contributed by atoms with van der Waals surface area (Å²) < 4.78 is 0. The van der Waals surface area contributed by atoms with Crippen LogP contribution in [0.4, 0.5) is 11.6 Å². The number of nitrogens with zero attached hydrogens (tertiary/aromatic N) is 5. The van der Waals surface area contributed by atoms with Gasteiger partial charge in [-0.1, -0.05) is 37.3 Å². The largest absolute Gasteiger partial charge is 0.368 e. The molecule has 1 unspecified atom stereocenters. The standard InChI is InChI=1S/C23H32N6O/c1-18-8-10-28(11-9-18)20(19-6-4-3-5-7-19)15-24-21-14-22(26-17-25-21)29-13-12-27(2)23(30)16-29/h3-7,14,17-18,20H,8-13,15-16H2,1-2H3,(H,24,25,26). The van der Waals surface area contributed by atoms with Gasteiger partial charge in [0.05, 0.1) is 12.6 Å². The molecule has 2 aliphatic heterocycles. The van der Waals surface area contributed by atoms with Crippen molar-refractivity contribution in [3.05, 3.63) is 48.3 Å². The average molecular weight is 409 g/mol. The summed E-state index contributed by atoms with van der Waals surface area (Å²) in [6.45, 7) is 7.26. The van der Waals surface area contributed by atoms with Gasteiger partial charge in [0.25, 0.3) is 0 Å². The van der Waals surface area contributed by atoms with Gasteiger partial charge >= 0.3 is 0 Å². The van der Waals surface area contributed by atoms with Gasteiger partial charge in [0.15, 0.2) is 0 Å². The lowest BCUT2D eigenvalue weighted by Gasteiger charge is -2.37. The molecule has 160 valence electrons. The molecule has 1 aromatic carbocycles. The highest BCUT2D eigenvalue weighted by Gasteiger charge is 2.25. The highest BCUT2D eigenvalue weighted by molar-refractivity contribution is 5.82. The molecule has 2 saturated heterocycles. The maximum absolute atomic E-state index is 12.1. The number of rotatable bonds is 6. The molecule has 2 fully saturated rings. The van der Waals surface area contributed by atoms with Gasteiger partial charge in [0, 0.05) is 32.7 Å². The first-order valence-corrected chi connectivity index (χ1v) is 10.9. The Kier molecular flexibility index (Phi) is 6.47. The van der Waals surface area contributed by atoms with Crippen molar-refractivity contribution in [3.63, 3.8) is 0 Å². The highest BCUT2D eigenvalue weighted by atomic mass is 16.2. The molecule has 7 nitrogen and oxygen atoms in total. The van der Waals surface area contributed by atoms with Crippen LogP contribution < -0.4 is 10.2 Å². The summed E-state index contributed by atoms with van der Waals surface area (Å²) in [7, 11) is 1.84. The number of benzene rings is 1. The fourth-order valence-corrected chi connectivity index (χ4v) is 4.25. The van der Waals surface area contributed by atoms with E-state index in [0.717, 1.165) is 50.3 Å². The van der Waals surface area contributed by atoms with E-state index in [2.05, 4.69) is 57.4 Å². The second-order valence-corrected chi connectivity index (χ2v) is 8.52. The molecular weight excluding hydrogens is 376 g/mol. The number of carbonyl (C=O) groups is 1. The Morgan fingerprint density at radius 3 is 2.60 bits per heavy atom. The SMILES string of the molecule is CC1CCN(C(CNc2cc(N3CCN(C)C(=O)C3)ncn2)c2ccccc2)CC1. The third-order valence-electron chi connectivity index (χ3n) is 6.35. The molecule has 0 spiro atoms. The van der Waals surface area contributed by atoms with E-state index in [9.17, 15) is 4.79 Å². The molecule has 0 radical (unpaired) electrons. The predicted octanol–water partition coefficient (Wildman–Crippen LogP) is 2.64. The molecular formula is C23H32N6O. The van der Waals surface area contributed by atoms with Gasteiger partial charge in [-0.15, -0.1) is 0 Å². The minimum atomic E-state index is 0.123. The highest BCUT2D eigenvalue weighted by Crippen LogP contribution is 2.27. The summed E-state index contributed by atoms with van der Waals surface area (Å²) in [5.74, 6) is 2.54. The molecule has 7 heteroatoms. The topological polar surface area (TPSA) is 64.6 Å². The van der Waals surface area contributed by atoms with Gasteiger partial charge in [0.1, 0.15) is 18.0 Å². The Hall–Kier alpha value is -2.67. The molecule has 1 N–H and O–H groups in total. The lowest BCUT2D eigenvalue weighted by molar-refractivity contribution is -0.129. The maximum atomic E-state index is 12.1. The van der Waals surface area contributed by atoms with Crippen molar-refractivity contribution in [2.45, 2.75) is 25.8 Å².